The number of anilines is 1. The van der Waals surface area contributed by atoms with Crippen molar-refractivity contribution in [1.29, 1.82) is 0 Å². The van der Waals surface area contributed by atoms with E-state index in [-0.39, 0.29) is 11.4 Å². The zero-order valence-electron chi connectivity index (χ0n) is 10.5. The van der Waals surface area contributed by atoms with E-state index in [1.165, 1.54) is 12.1 Å². The van der Waals surface area contributed by atoms with E-state index in [9.17, 15) is 8.42 Å². The molecule has 100 valence electrons. The van der Waals surface area contributed by atoms with Crippen molar-refractivity contribution in [2.24, 2.45) is 0 Å². The van der Waals surface area contributed by atoms with Crippen LogP contribution in [0.5, 0.6) is 0 Å². The SMILES string of the molecule is Cc1cccc(CNS(=O)(=O)c2ccc(N)cc2)n1. The first kappa shape index (κ1) is 13.5. The number of nitrogens with one attached hydrogen (secondary N) is 1. The number of pyridine rings is 1. The summed E-state index contributed by atoms with van der Waals surface area (Å²) in [4.78, 5) is 4.43. The average molecular weight is 277 g/mol. The lowest BCUT2D eigenvalue weighted by Gasteiger charge is -2.07. The van der Waals surface area contributed by atoms with Crippen LogP contribution in [-0.2, 0) is 16.6 Å². The van der Waals surface area contributed by atoms with E-state index in [0.717, 1.165) is 5.69 Å². The third-order valence-electron chi connectivity index (χ3n) is 2.58. The quantitative estimate of drug-likeness (QED) is 0.828. The summed E-state index contributed by atoms with van der Waals surface area (Å²) in [6.07, 6.45) is 0. The molecule has 5 nitrogen and oxygen atoms in total. The van der Waals surface area contributed by atoms with Gasteiger partial charge in [0.2, 0.25) is 10.0 Å². The molecule has 1 aromatic carbocycles. The number of aromatic nitrogens is 1. The van der Waals surface area contributed by atoms with E-state index in [2.05, 4.69) is 9.71 Å². The second-order valence-corrected chi connectivity index (χ2v) is 5.93. The first-order chi connectivity index (χ1) is 8.97. The van der Waals surface area contributed by atoms with Crippen molar-refractivity contribution < 1.29 is 8.42 Å². The molecular weight excluding hydrogens is 262 g/mol. The summed E-state index contributed by atoms with van der Waals surface area (Å²) in [5.74, 6) is 0. The van der Waals surface area contributed by atoms with Gasteiger partial charge in [0.15, 0.2) is 0 Å². The van der Waals surface area contributed by atoms with Gasteiger partial charge in [-0.25, -0.2) is 13.1 Å². The summed E-state index contributed by atoms with van der Waals surface area (Å²) in [6.45, 7) is 2.02. The molecule has 0 aliphatic rings. The van der Waals surface area contributed by atoms with Crippen LogP contribution < -0.4 is 10.5 Å². The Labute approximate surface area is 112 Å². The first-order valence-electron chi connectivity index (χ1n) is 5.75. The Morgan fingerprint density at radius 3 is 2.47 bits per heavy atom. The average Bonchev–Trinajstić information content (AvgIpc) is 2.37. The van der Waals surface area contributed by atoms with Crippen molar-refractivity contribution in [3.63, 3.8) is 0 Å². The number of rotatable bonds is 4. The number of nitrogens with zero attached hydrogens (tertiary/aromatic N) is 1. The van der Waals surface area contributed by atoms with Gasteiger partial charge in [0.1, 0.15) is 0 Å². The number of hydrogen-bond donors (Lipinski definition) is 2. The lowest BCUT2D eigenvalue weighted by molar-refractivity contribution is 0.580. The monoisotopic (exact) mass is 277 g/mol. The first-order valence-corrected chi connectivity index (χ1v) is 7.23. The van der Waals surface area contributed by atoms with Gasteiger partial charge in [-0.05, 0) is 43.3 Å². The Balaban J connectivity index is 2.12. The summed E-state index contributed by atoms with van der Waals surface area (Å²) in [5.41, 5.74) is 7.58. The summed E-state index contributed by atoms with van der Waals surface area (Å²) < 4.78 is 26.6. The van der Waals surface area contributed by atoms with Gasteiger partial charge >= 0.3 is 0 Å². The maximum Gasteiger partial charge on any atom is 0.240 e. The van der Waals surface area contributed by atoms with Crippen molar-refractivity contribution in [1.82, 2.24) is 9.71 Å². The van der Waals surface area contributed by atoms with Crippen LogP contribution in [0.4, 0.5) is 5.69 Å². The molecule has 0 bridgehead atoms. The van der Waals surface area contributed by atoms with Gasteiger partial charge in [-0.2, -0.15) is 0 Å². The highest BCUT2D eigenvalue weighted by Crippen LogP contribution is 2.11. The van der Waals surface area contributed by atoms with Crippen LogP contribution >= 0.6 is 0 Å². The molecule has 3 N–H and O–H groups in total. The van der Waals surface area contributed by atoms with Gasteiger partial charge in [-0.1, -0.05) is 6.07 Å². The van der Waals surface area contributed by atoms with E-state index in [1.54, 1.807) is 18.2 Å². The van der Waals surface area contributed by atoms with Crippen LogP contribution in [0.3, 0.4) is 0 Å². The van der Waals surface area contributed by atoms with Crippen molar-refractivity contribution in [3.8, 4) is 0 Å². The number of nitrogen functional groups attached to an aromatic ring is 1. The van der Waals surface area contributed by atoms with Crippen LogP contribution in [0.2, 0.25) is 0 Å². The minimum Gasteiger partial charge on any atom is -0.399 e. The smallest absolute Gasteiger partial charge is 0.240 e. The van der Waals surface area contributed by atoms with E-state index in [0.29, 0.717) is 11.4 Å². The second kappa shape index (κ2) is 5.38. The third kappa shape index (κ3) is 3.52. The van der Waals surface area contributed by atoms with Crippen molar-refractivity contribution in [3.05, 3.63) is 53.9 Å². The second-order valence-electron chi connectivity index (χ2n) is 4.16. The van der Waals surface area contributed by atoms with Crippen molar-refractivity contribution >= 4 is 15.7 Å². The molecule has 0 aliphatic carbocycles. The minimum atomic E-state index is -3.53. The van der Waals surface area contributed by atoms with E-state index < -0.39 is 10.0 Å². The van der Waals surface area contributed by atoms with Crippen molar-refractivity contribution in [2.75, 3.05) is 5.73 Å². The molecule has 19 heavy (non-hydrogen) atoms. The standard InChI is InChI=1S/C13H15N3O2S/c1-10-3-2-4-12(16-10)9-15-19(17,18)13-7-5-11(14)6-8-13/h2-8,15H,9,14H2,1H3. The Morgan fingerprint density at radius 2 is 1.84 bits per heavy atom. The molecule has 0 amide bonds. The van der Waals surface area contributed by atoms with E-state index in [4.69, 9.17) is 5.73 Å². The number of sulfonamides is 1. The van der Waals surface area contributed by atoms with E-state index in [1.807, 2.05) is 19.1 Å². The zero-order chi connectivity index (χ0) is 13.9. The van der Waals surface area contributed by atoms with Gasteiger partial charge in [0.25, 0.3) is 0 Å². The predicted molar refractivity (Wildman–Crippen MR) is 73.9 cm³/mol. The molecule has 0 aliphatic heterocycles. The van der Waals surface area contributed by atoms with Crippen LogP contribution in [0.25, 0.3) is 0 Å². The molecule has 0 fully saturated rings. The van der Waals surface area contributed by atoms with E-state index >= 15 is 0 Å². The van der Waals surface area contributed by atoms with Gasteiger partial charge in [-0.3, -0.25) is 4.98 Å². The van der Waals surface area contributed by atoms with Crippen LogP contribution in [0.15, 0.2) is 47.4 Å². The Hall–Kier alpha value is -1.92. The predicted octanol–water partition coefficient (Wildman–Crippen LogP) is 1.45. The summed E-state index contributed by atoms with van der Waals surface area (Å²) >= 11 is 0. The number of hydrogen-bond acceptors (Lipinski definition) is 4. The fraction of sp³-hybridized carbons (Fsp3) is 0.154. The highest BCUT2D eigenvalue weighted by molar-refractivity contribution is 7.89. The highest BCUT2D eigenvalue weighted by Gasteiger charge is 2.13. The van der Waals surface area contributed by atoms with Gasteiger partial charge in [0.05, 0.1) is 17.1 Å². The molecule has 0 saturated carbocycles. The molecule has 1 aromatic heterocycles. The Kier molecular flexibility index (Phi) is 3.82. The fourth-order valence-electron chi connectivity index (χ4n) is 1.60. The maximum atomic E-state index is 12.0. The van der Waals surface area contributed by atoms with Crippen molar-refractivity contribution in [2.45, 2.75) is 18.4 Å². The molecule has 0 spiro atoms. The number of aryl methyl sites for hydroxylation is 1. The lowest BCUT2D eigenvalue weighted by atomic mass is 10.3. The normalized spacial score (nSPS) is 11.4. The van der Waals surface area contributed by atoms with Gasteiger partial charge in [0, 0.05) is 11.4 Å². The maximum absolute atomic E-state index is 12.0. The van der Waals surface area contributed by atoms with Gasteiger partial charge in [-0.15, -0.1) is 0 Å². The van der Waals surface area contributed by atoms with Gasteiger partial charge < -0.3 is 5.73 Å². The van der Waals surface area contributed by atoms with Crippen LogP contribution in [-0.4, -0.2) is 13.4 Å². The number of nitrogens with two attached hydrogens (primary N) is 1. The minimum absolute atomic E-state index is 0.161. The molecule has 1 heterocycles. The lowest BCUT2D eigenvalue weighted by Crippen LogP contribution is -2.23. The zero-order valence-corrected chi connectivity index (χ0v) is 11.3. The number of benzene rings is 1. The summed E-state index contributed by atoms with van der Waals surface area (Å²) in [7, 11) is -3.53. The van der Waals surface area contributed by atoms with Crippen LogP contribution in [0, 0.1) is 6.92 Å². The molecule has 6 heteroatoms. The molecule has 0 unspecified atom stereocenters. The summed E-state index contributed by atoms with van der Waals surface area (Å²) in [6, 6.07) is 11.5. The van der Waals surface area contributed by atoms with Crippen LogP contribution in [0.1, 0.15) is 11.4 Å². The highest BCUT2D eigenvalue weighted by atomic mass is 32.2. The Morgan fingerprint density at radius 1 is 1.16 bits per heavy atom. The molecule has 2 rings (SSSR count). The Bertz CT molecular complexity index is 667. The molecule has 0 saturated heterocycles. The molecule has 2 aromatic rings. The fourth-order valence-corrected chi connectivity index (χ4v) is 2.60. The molecular formula is C13H15N3O2S. The summed E-state index contributed by atoms with van der Waals surface area (Å²) in [5, 5.41) is 0. The largest absolute Gasteiger partial charge is 0.399 e. The molecule has 0 atom stereocenters. The topological polar surface area (TPSA) is 85.1 Å². The third-order valence-corrected chi connectivity index (χ3v) is 4.00. The molecule has 0 radical (unpaired) electrons.